The van der Waals surface area contributed by atoms with Crippen molar-refractivity contribution >= 4 is 34.9 Å². The molecule has 1 aliphatic heterocycles. The number of halogens is 1. The van der Waals surface area contributed by atoms with Gasteiger partial charge in [-0.2, -0.15) is 5.10 Å². The van der Waals surface area contributed by atoms with Crippen molar-refractivity contribution in [1.29, 1.82) is 0 Å². The minimum absolute atomic E-state index is 0.106. The number of hydrogen-bond acceptors (Lipinski definition) is 4. The number of aldehydes is 1. The fourth-order valence-electron chi connectivity index (χ4n) is 2.37. The molecule has 20 heavy (non-hydrogen) atoms. The summed E-state index contributed by atoms with van der Waals surface area (Å²) in [6.45, 7) is 0.308. The number of rotatable bonds is 4. The Hall–Kier alpha value is -1.65. The van der Waals surface area contributed by atoms with Gasteiger partial charge in [-0.1, -0.05) is 29.8 Å². The summed E-state index contributed by atoms with van der Waals surface area (Å²) < 4.78 is 0. The van der Waals surface area contributed by atoms with Crippen LogP contribution in [0.2, 0.25) is 5.02 Å². The highest BCUT2D eigenvalue weighted by molar-refractivity contribution is 7.12. The molecule has 0 bridgehead atoms. The maximum atomic E-state index is 10.9. The van der Waals surface area contributed by atoms with E-state index in [0.717, 1.165) is 28.9 Å². The predicted octanol–water partition coefficient (Wildman–Crippen LogP) is 3.75. The molecule has 3 nitrogen and oxygen atoms in total. The monoisotopic (exact) mass is 304 g/mol. The van der Waals surface area contributed by atoms with Crippen molar-refractivity contribution in [2.45, 2.75) is 12.5 Å². The van der Waals surface area contributed by atoms with Crippen molar-refractivity contribution in [3.8, 4) is 0 Å². The molecule has 1 atom stereocenters. The lowest BCUT2D eigenvalue weighted by atomic mass is 10.0. The van der Waals surface area contributed by atoms with E-state index in [-0.39, 0.29) is 6.04 Å². The Labute approximate surface area is 126 Å². The fourth-order valence-corrected chi connectivity index (χ4v) is 3.21. The van der Waals surface area contributed by atoms with Crippen molar-refractivity contribution in [2.24, 2.45) is 5.10 Å². The molecule has 0 N–H and O–H groups in total. The first-order chi connectivity index (χ1) is 9.78. The summed E-state index contributed by atoms with van der Waals surface area (Å²) in [6.07, 6.45) is 1.71. The maximum Gasteiger partial charge on any atom is 0.141 e. The molecular formula is C15H13ClN2OS. The Bertz CT molecular complexity index is 622. The van der Waals surface area contributed by atoms with Gasteiger partial charge in [0, 0.05) is 11.4 Å². The Morgan fingerprint density at radius 1 is 1.35 bits per heavy atom. The van der Waals surface area contributed by atoms with Gasteiger partial charge in [0.15, 0.2) is 0 Å². The Morgan fingerprint density at radius 3 is 2.80 bits per heavy atom. The number of benzene rings is 1. The summed E-state index contributed by atoms with van der Waals surface area (Å²) in [5.41, 5.74) is 2.17. The molecule has 0 amide bonds. The minimum Gasteiger partial charge on any atom is -0.301 e. The maximum absolute atomic E-state index is 10.9. The number of thiophene rings is 1. The summed E-state index contributed by atoms with van der Waals surface area (Å²) in [6, 6.07) is 11.9. The van der Waals surface area contributed by atoms with E-state index in [0.29, 0.717) is 11.6 Å². The molecule has 5 heteroatoms. The molecule has 1 aromatic carbocycles. The summed E-state index contributed by atoms with van der Waals surface area (Å²) in [5.74, 6) is 0. The van der Waals surface area contributed by atoms with Crippen LogP contribution in [-0.2, 0) is 4.79 Å². The van der Waals surface area contributed by atoms with Crippen molar-refractivity contribution in [3.63, 3.8) is 0 Å². The first-order valence-electron chi connectivity index (χ1n) is 6.35. The topological polar surface area (TPSA) is 32.7 Å². The van der Waals surface area contributed by atoms with E-state index in [1.54, 1.807) is 11.3 Å². The molecule has 1 unspecified atom stereocenters. The van der Waals surface area contributed by atoms with Crippen LogP contribution < -0.4 is 0 Å². The Kier molecular flexibility index (Phi) is 3.85. The molecule has 0 saturated heterocycles. The molecule has 2 aromatic rings. The van der Waals surface area contributed by atoms with Crippen LogP contribution in [0, 0.1) is 0 Å². The number of carbonyl (C=O) groups excluding carboxylic acids is 1. The van der Waals surface area contributed by atoms with Crippen molar-refractivity contribution < 1.29 is 4.79 Å². The third-order valence-electron chi connectivity index (χ3n) is 3.32. The Morgan fingerprint density at radius 2 is 2.15 bits per heavy atom. The van der Waals surface area contributed by atoms with Crippen LogP contribution in [0.3, 0.4) is 0 Å². The molecule has 1 aliphatic rings. The third-order valence-corrected chi connectivity index (χ3v) is 4.49. The molecule has 0 spiro atoms. The largest absolute Gasteiger partial charge is 0.301 e. The average Bonchev–Trinajstić information content (AvgIpc) is 3.09. The van der Waals surface area contributed by atoms with Crippen LogP contribution in [0.1, 0.15) is 22.9 Å². The highest BCUT2D eigenvalue weighted by atomic mass is 35.5. The third kappa shape index (κ3) is 2.62. The lowest BCUT2D eigenvalue weighted by Gasteiger charge is -2.21. The summed E-state index contributed by atoms with van der Waals surface area (Å²) in [7, 11) is 0. The van der Waals surface area contributed by atoms with Gasteiger partial charge in [-0.3, -0.25) is 5.01 Å². The van der Waals surface area contributed by atoms with Crippen LogP contribution in [0.25, 0.3) is 0 Å². The van der Waals surface area contributed by atoms with Crippen molar-refractivity contribution in [3.05, 3.63) is 57.2 Å². The van der Waals surface area contributed by atoms with Crippen LogP contribution in [-0.4, -0.2) is 23.6 Å². The second-order valence-electron chi connectivity index (χ2n) is 4.58. The smallest absolute Gasteiger partial charge is 0.141 e. The zero-order valence-corrected chi connectivity index (χ0v) is 12.3. The fraction of sp³-hybridized carbons (Fsp3) is 0.200. The summed E-state index contributed by atoms with van der Waals surface area (Å²) >= 11 is 7.60. The molecule has 0 saturated carbocycles. The van der Waals surface area contributed by atoms with Gasteiger partial charge in [0.05, 0.1) is 23.2 Å². The zero-order chi connectivity index (χ0) is 13.9. The number of nitrogens with zero attached hydrogens (tertiary/aromatic N) is 2. The Balaban J connectivity index is 1.88. The highest BCUT2D eigenvalue weighted by Gasteiger charge is 2.28. The molecule has 3 rings (SSSR count). The SMILES string of the molecule is O=CCN1N=C(c2cccs2)CC1c1ccc(Cl)cc1. The molecule has 2 heterocycles. The van der Waals surface area contributed by atoms with Gasteiger partial charge in [0.2, 0.25) is 0 Å². The second kappa shape index (κ2) is 5.77. The predicted molar refractivity (Wildman–Crippen MR) is 82.4 cm³/mol. The van der Waals surface area contributed by atoms with Crippen molar-refractivity contribution in [1.82, 2.24) is 5.01 Å². The van der Waals surface area contributed by atoms with Gasteiger partial charge in [0.25, 0.3) is 0 Å². The highest BCUT2D eigenvalue weighted by Crippen LogP contribution is 2.33. The van der Waals surface area contributed by atoms with Gasteiger partial charge < -0.3 is 4.79 Å². The van der Waals surface area contributed by atoms with E-state index in [4.69, 9.17) is 11.6 Å². The van der Waals surface area contributed by atoms with Crippen LogP contribution in [0.5, 0.6) is 0 Å². The number of carbonyl (C=O) groups is 1. The van der Waals surface area contributed by atoms with Crippen LogP contribution >= 0.6 is 22.9 Å². The number of hydrazone groups is 1. The lowest BCUT2D eigenvalue weighted by Crippen LogP contribution is -2.21. The van der Waals surface area contributed by atoms with Gasteiger partial charge in [0.1, 0.15) is 6.29 Å². The van der Waals surface area contributed by atoms with Gasteiger partial charge in [-0.05, 0) is 29.1 Å². The van der Waals surface area contributed by atoms with E-state index < -0.39 is 0 Å². The van der Waals surface area contributed by atoms with Gasteiger partial charge >= 0.3 is 0 Å². The first kappa shape index (κ1) is 13.3. The normalized spacial score (nSPS) is 18.1. The van der Waals surface area contributed by atoms with E-state index in [1.165, 1.54) is 0 Å². The van der Waals surface area contributed by atoms with Crippen LogP contribution in [0.4, 0.5) is 0 Å². The first-order valence-corrected chi connectivity index (χ1v) is 7.61. The molecule has 102 valence electrons. The van der Waals surface area contributed by atoms with Gasteiger partial charge in [-0.25, -0.2) is 0 Å². The summed E-state index contributed by atoms with van der Waals surface area (Å²) in [5, 5.41) is 9.20. The van der Waals surface area contributed by atoms with Gasteiger partial charge in [-0.15, -0.1) is 11.3 Å². The molecular weight excluding hydrogens is 292 g/mol. The molecule has 0 radical (unpaired) electrons. The zero-order valence-electron chi connectivity index (χ0n) is 10.7. The van der Waals surface area contributed by atoms with Crippen LogP contribution in [0.15, 0.2) is 46.9 Å². The minimum atomic E-state index is 0.106. The summed E-state index contributed by atoms with van der Waals surface area (Å²) in [4.78, 5) is 12.0. The number of hydrogen-bond donors (Lipinski definition) is 0. The van der Waals surface area contributed by atoms with E-state index >= 15 is 0 Å². The van der Waals surface area contributed by atoms with E-state index in [9.17, 15) is 4.79 Å². The van der Waals surface area contributed by atoms with E-state index in [2.05, 4.69) is 11.2 Å². The molecule has 0 fully saturated rings. The average molecular weight is 305 g/mol. The van der Waals surface area contributed by atoms with Crippen molar-refractivity contribution in [2.75, 3.05) is 6.54 Å². The lowest BCUT2D eigenvalue weighted by molar-refractivity contribution is -0.109. The molecule has 1 aromatic heterocycles. The standard InChI is InChI=1S/C15H13ClN2OS/c16-12-5-3-11(4-6-12)14-10-13(15-2-1-9-20-15)17-18(14)7-8-19/h1-6,8-9,14H,7,10H2. The van der Waals surface area contributed by atoms with E-state index in [1.807, 2.05) is 40.7 Å². The quantitative estimate of drug-likeness (QED) is 0.806. The molecule has 0 aliphatic carbocycles. The second-order valence-corrected chi connectivity index (χ2v) is 5.97.